The van der Waals surface area contributed by atoms with Crippen LogP contribution >= 0.6 is 11.6 Å². The molecule has 0 radical (unpaired) electrons. The zero-order chi connectivity index (χ0) is 13.3. The van der Waals surface area contributed by atoms with Crippen molar-refractivity contribution >= 4 is 28.5 Å². The molecular weight excluding hydrogens is 254 g/mol. The molecule has 0 bridgehead atoms. The smallest absolute Gasteiger partial charge is 0.237 e. The van der Waals surface area contributed by atoms with Gasteiger partial charge in [-0.1, -0.05) is 0 Å². The van der Waals surface area contributed by atoms with Gasteiger partial charge in [0.2, 0.25) is 5.91 Å². The van der Waals surface area contributed by atoms with Crippen molar-refractivity contribution in [2.24, 2.45) is 5.73 Å². The molecule has 18 heavy (non-hydrogen) atoms. The number of hydrogen-bond acceptors (Lipinski definition) is 3. The van der Waals surface area contributed by atoms with E-state index in [1.807, 2.05) is 18.2 Å². The second-order valence-corrected chi connectivity index (χ2v) is 4.65. The molecule has 96 valence electrons. The SMILES string of the molecule is COc1ccc2nc(C(C)Cl)n(CC(N)=O)c2c1. The molecule has 6 heteroatoms. The van der Waals surface area contributed by atoms with E-state index in [1.54, 1.807) is 18.6 Å². The fourth-order valence-electron chi connectivity index (χ4n) is 1.87. The molecule has 1 atom stereocenters. The van der Waals surface area contributed by atoms with Gasteiger partial charge < -0.3 is 15.0 Å². The third-order valence-corrected chi connectivity index (χ3v) is 2.85. The number of nitrogens with zero attached hydrogens (tertiary/aromatic N) is 2. The van der Waals surface area contributed by atoms with Gasteiger partial charge in [0.15, 0.2) is 0 Å². The molecular formula is C12H14ClN3O2. The molecule has 2 N–H and O–H groups in total. The maximum absolute atomic E-state index is 11.1. The summed E-state index contributed by atoms with van der Waals surface area (Å²) in [5, 5.41) is -0.303. The van der Waals surface area contributed by atoms with Crippen LogP contribution in [0.15, 0.2) is 18.2 Å². The van der Waals surface area contributed by atoms with Crippen molar-refractivity contribution in [1.82, 2.24) is 9.55 Å². The minimum absolute atomic E-state index is 0.0516. The molecule has 0 aliphatic heterocycles. The van der Waals surface area contributed by atoms with Crippen molar-refractivity contribution in [3.63, 3.8) is 0 Å². The number of aromatic nitrogens is 2. The number of fused-ring (bicyclic) bond motifs is 1. The second-order valence-electron chi connectivity index (χ2n) is 3.99. The molecule has 1 aromatic heterocycles. The van der Waals surface area contributed by atoms with Crippen molar-refractivity contribution in [3.05, 3.63) is 24.0 Å². The van der Waals surface area contributed by atoms with Gasteiger partial charge in [-0.05, 0) is 19.1 Å². The Morgan fingerprint density at radius 1 is 1.61 bits per heavy atom. The summed E-state index contributed by atoms with van der Waals surface area (Å²) in [5.41, 5.74) is 6.80. The Kier molecular flexibility index (Phi) is 3.43. The van der Waals surface area contributed by atoms with Crippen molar-refractivity contribution in [2.45, 2.75) is 18.8 Å². The molecule has 1 heterocycles. The Bertz CT molecular complexity index is 592. The maximum atomic E-state index is 11.1. The minimum Gasteiger partial charge on any atom is -0.497 e. The number of alkyl halides is 1. The first-order valence-corrected chi connectivity index (χ1v) is 5.93. The summed E-state index contributed by atoms with van der Waals surface area (Å²) in [6.45, 7) is 1.85. The lowest BCUT2D eigenvalue weighted by Gasteiger charge is -2.08. The van der Waals surface area contributed by atoms with Gasteiger partial charge in [-0.2, -0.15) is 0 Å². The monoisotopic (exact) mass is 267 g/mol. The number of carbonyl (C=O) groups is 1. The molecule has 0 aliphatic rings. The predicted molar refractivity (Wildman–Crippen MR) is 69.7 cm³/mol. The molecule has 0 aliphatic carbocycles. The number of carbonyl (C=O) groups excluding carboxylic acids is 1. The quantitative estimate of drug-likeness (QED) is 0.859. The lowest BCUT2D eigenvalue weighted by molar-refractivity contribution is -0.118. The highest BCUT2D eigenvalue weighted by Gasteiger charge is 2.16. The van der Waals surface area contributed by atoms with E-state index in [0.717, 1.165) is 11.0 Å². The van der Waals surface area contributed by atoms with Crippen LogP contribution in [0.5, 0.6) is 5.75 Å². The Morgan fingerprint density at radius 3 is 2.89 bits per heavy atom. The van der Waals surface area contributed by atoms with Crippen LogP contribution < -0.4 is 10.5 Å². The number of benzene rings is 1. The summed E-state index contributed by atoms with van der Waals surface area (Å²) < 4.78 is 6.88. The van der Waals surface area contributed by atoms with E-state index in [4.69, 9.17) is 22.1 Å². The normalized spacial score (nSPS) is 12.6. The van der Waals surface area contributed by atoms with E-state index >= 15 is 0 Å². The number of ether oxygens (including phenoxy) is 1. The zero-order valence-corrected chi connectivity index (χ0v) is 10.9. The zero-order valence-electron chi connectivity index (χ0n) is 10.2. The number of halogens is 1. The number of nitrogens with two attached hydrogens (primary N) is 1. The van der Waals surface area contributed by atoms with Crippen LogP contribution in [0.25, 0.3) is 11.0 Å². The van der Waals surface area contributed by atoms with E-state index in [2.05, 4.69) is 4.98 Å². The van der Waals surface area contributed by atoms with Gasteiger partial charge in [-0.15, -0.1) is 11.6 Å². The molecule has 1 amide bonds. The number of rotatable bonds is 4. The molecule has 0 saturated heterocycles. The fourth-order valence-corrected chi connectivity index (χ4v) is 2.04. The summed E-state index contributed by atoms with van der Waals surface area (Å²) in [4.78, 5) is 15.5. The second kappa shape index (κ2) is 4.86. The van der Waals surface area contributed by atoms with Gasteiger partial charge in [0.1, 0.15) is 18.1 Å². The van der Waals surface area contributed by atoms with Crippen LogP contribution in [0, 0.1) is 0 Å². The first-order valence-electron chi connectivity index (χ1n) is 5.49. The van der Waals surface area contributed by atoms with Crippen molar-refractivity contribution < 1.29 is 9.53 Å². The molecule has 1 aromatic carbocycles. The summed E-state index contributed by atoms with van der Waals surface area (Å²) >= 11 is 6.07. The number of amides is 1. The molecule has 0 saturated carbocycles. The molecule has 0 fully saturated rings. The third kappa shape index (κ3) is 2.26. The van der Waals surface area contributed by atoms with Crippen molar-refractivity contribution in [3.8, 4) is 5.75 Å². The van der Waals surface area contributed by atoms with E-state index in [0.29, 0.717) is 11.6 Å². The number of imidazole rings is 1. The highest BCUT2D eigenvalue weighted by atomic mass is 35.5. The van der Waals surface area contributed by atoms with Crippen LogP contribution in [-0.2, 0) is 11.3 Å². The average Bonchev–Trinajstić information content (AvgIpc) is 2.67. The lowest BCUT2D eigenvalue weighted by Crippen LogP contribution is -2.20. The standard InChI is InChI=1S/C12H14ClN3O2/c1-7(13)12-15-9-4-3-8(18-2)5-10(9)16(12)6-11(14)17/h3-5,7H,6H2,1-2H3,(H2,14,17). The molecule has 0 spiro atoms. The van der Waals surface area contributed by atoms with Crippen LogP contribution in [0.2, 0.25) is 0 Å². The summed E-state index contributed by atoms with van der Waals surface area (Å²) in [7, 11) is 1.58. The van der Waals surface area contributed by atoms with Gasteiger partial charge in [0, 0.05) is 6.07 Å². The molecule has 2 aromatic rings. The lowest BCUT2D eigenvalue weighted by atomic mass is 10.3. The minimum atomic E-state index is -0.435. The van der Waals surface area contributed by atoms with Gasteiger partial charge >= 0.3 is 0 Å². The van der Waals surface area contributed by atoms with Gasteiger partial charge in [-0.25, -0.2) is 4.98 Å². The Balaban J connectivity index is 2.65. The molecule has 2 rings (SSSR count). The van der Waals surface area contributed by atoms with E-state index in [-0.39, 0.29) is 11.9 Å². The van der Waals surface area contributed by atoms with Crippen LogP contribution in [0.4, 0.5) is 0 Å². The largest absolute Gasteiger partial charge is 0.497 e. The summed E-state index contributed by atoms with van der Waals surface area (Å²) in [6, 6.07) is 5.45. The molecule has 5 nitrogen and oxygen atoms in total. The topological polar surface area (TPSA) is 70.1 Å². The van der Waals surface area contributed by atoms with Gasteiger partial charge in [-0.3, -0.25) is 4.79 Å². The first-order chi connectivity index (χ1) is 8.52. The van der Waals surface area contributed by atoms with Crippen molar-refractivity contribution in [1.29, 1.82) is 0 Å². The Hall–Kier alpha value is -1.75. The Labute approximate surface area is 109 Å². The number of primary amides is 1. The highest BCUT2D eigenvalue weighted by molar-refractivity contribution is 6.20. The third-order valence-electron chi connectivity index (χ3n) is 2.65. The first kappa shape index (κ1) is 12.7. The van der Waals surface area contributed by atoms with Gasteiger partial charge in [0.05, 0.1) is 23.5 Å². The van der Waals surface area contributed by atoms with E-state index < -0.39 is 5.91 Å². The van der Waals surface area contributed by atoms with Crippen LogP contribution in [0.3, 0.4) is 0 Å². The maximum Gasteiger partial charge on any atom is 0.237 e. The summed E-state index contributed by atoms with van der Waals surface area (Å²) in [6.07, 6.45) is 0. The highest BCUT2D eigenvalue weighted by Crippen LogP contribution is 2.27. The average molecular weight is 268 g/mol. The van der Waals surface area contributed by atoms with Crippen molar-refractivity contribution in [2.75, 3.05) is 7.11 Å². The number of methoxy groups -OCH3 is 1. The van der Waals surface area contributed by atoms with Gasteiger partial charge in [0.25, 0.3) is 0 Å². The van der Waals surface area contributed by atoms with Crippen LogP contribution in [0.1, 0.15) is 18.1 Å². The summed E-state index contributed by atoms with van der Waals surface area (Å²) in [5.74, 6) is 0.885. The predicted octanol–water partition coefficient (Wildman–Crippen LogP) is 1.83. The Morgan fingerprint density at radius 2 is 2.33 bits per heavy atom. The van der Waals surface area contributed by atoms with E-state index in [9.17, 15) is 4.79 Å². The molecule has 1 unspecified atom stereocenters. The van der Waals surface area contributed by atoms with Crippen LogP contribution in [-0.4, -0.2) is 22.6 Å². The fraction of sp³-hybridized carbons (Fsp3) is 0.333. The number of hydrogen-bond donors (Lipinski definition) is 1. The van der Waals surface area contributed by atoms with E-state index in [1.165, 1.54) is 0 Å².